The van der Waals surface area contributed by atoms with Crippen LogP contribution in [0.15, 0.2) is 18.2 Å². The van der Waals surface area contributed by atoms with Crippen molar-refractivity contribution >= 4 is 29.3 Å². The largest absolute Gasteiger partial charge is 0.481 e. The minimum atomic E-state index is -0.869. The van der Waals surface area contributed by atoms with E-state index in [-0.39, 0.29) is 22.7 Å². The second-order valence-electron chi connectivity index (χ2n) is 4.88. The number of nitrogens with zero attached hydrogens (tertiary/aromatic N) is 1. The first-order valence-electron chi connectivity index (χ1n) is 6.11. The summed E-state index contributed by atoms with van der Waals surface area (Å²) in [6.45, 7) is 2.37. The monoisotopic (exact) mass is 300 g/mol. The molecule has 108 valence electrons. The molecule has 1 aromatic carbocycles. The van der Waals surface area contributed by atoms with Gasteiger partial charge in [0, 0.05) is 29.7 Å². The number of nitrogens with one attached hydrogen (secondary N) is 1. The van der Waals surface area contributed by atoms with E-state index in [1.807, 2.05) is 0 Å². The molecular formula is C13H14ClFN2O3. The highest BCUT2D eigenvalue weighted by Gasteiger charge is 2.37. The molecule has 1 aliphatic heterocycles. The Morgan fingerprint density at radius 3 is 2.65 bits per heavy atom. The Balaban J connectivity index is 1.90. The van der Waals surface area contributed by atoms with Gasteiger partial charge < -0.3 is 15.3 Å². The number of anilines is 1. The molecule has 2 N–H and O–H groups in total. The van der Waals surface area contributed by atoms with Gasteiger partial charge in [-0.05, 0) is 18.2 Å². The average Bonchev–Trinajstić information content (AvgIpc) is 2.24. The Hall–Kier alpha value is -1.82. The van der Waals surface area contributed by atoms with E-state index in [1.165, 1.54) is 17.0 Å². The summed E-state index contributed by atoms with van der Waals surface area (Å²) < 4.78 is 13.1. The maximum absolute atomic E-state index is 13.1. The van der Waals surface area contributed by atoms with Crippen LogP contribution in [0.3, 0.4) is 0 Å². The molecule has 5 nitrogen and oxygen atoms in total. The van der Waals surface area contributed by atoms with Crippen molar-refractivity contribution in [3.05, 3.63) is 29.0 Å². The van der Waals surface area contributed by atoms with Gasteiger partial charge in [0.25, 0.3) is 0 Å². The third kappa shape index (κ3) is 3.19. The maximum Gasteiger partial charge on any atom is 0.321 e. The van der Waals surface area contributed by atoms with Crippen LogP contribution in [0.25, 0.3) is 0 Å². The number of benzene rings is 1. The third-order valence-corrected chi connectivity index (χ3v) is 3.63. The van der Waals surface area contributed by atoms with E-state index >= 15 is 0 Å². The molecule has 0 aromatic heterocycles. The minimum absolute atomic E-state index is 0.0469. The fourth-order valence-corrected chi connectivity index (χ4v) is 2.25. The molecule has 0 bridgehead atoms. The first-order chi connectivity index (χ1) is 9.36. The van der Waals surface area contributed by atoms with Crippen LogP contribution in [-0.2, 0) is 4.79 Å². The van der Waals surface area contributed by atoms with Gasteiger partial charge in [-0.1, -0.05) is 18.5 Å². The fraction of sp³-hybridized carbons (Fsp3) is 0.385. The molecule has 1 saturated heterocycles. The molecule has 1 atom stereocenters. The lowest BCUT2D eigenvalue weighted by molar-refractivity contribution is -0.144. The molecule has 2 rings (SSSR count). The van der Waals surface area contributed by atoms with Crippen LogP contribution in [0.1, 0.15) is 6.92 Å². The summed E-state index contributed by atoms with van der Waals surface area (Å²) >= 11 is 5.69. The van der Waals surface area contributed by atoms with Gasteiger partial charge in [0.15, 0.2) is 0 Å². The van der Waals surface area contributed by atoms with Crippen LogP contribution in [0.5, 0.6) is 0 Å². The number of carboxylic acids is 1. The average molecular weight is 301 g/mol. The van der Waals surface area contributed by atoms with Crippen molar-refractivity contribution in [1.29, 1.82) is 0 Å². The van der Waals surface area contributed by atoms with Crippen LogP contribution in [0.2, 0.25) is 5.02 Å². The smallest absolute Gasteiger partial charge is 0.321 e. The van der Waals surface area contributed by atoms with E-state index < -0.39 is 17.7 Å². The van der Waals surface area contributed by atoms with Crippen molar-refractivity contribution in [3.63, 3.8) is 0 Å². The molecule has 1 fully saturated rings. The second-order valence-corrected chi connectivity index (χ2v) is 5.32. The van der Waals surface area contributed by atoms with Gasteiger partial charge in [0.2, 0.25) is 0 Å². The lowest BCUT2D eigenvalue weighted by atomic mass is 9.87. The van der Waals surface area contributed by atoms with Gasteiger partial charge in [-0.25, -0.2) is 9.18 Å². The molecule has 0 radical (unpaired) electrons. The molecule has 2 amide bonds. The number of carboxylic acid groups (broad SMARTS) is 1. The van der Waals surface area contributed by atoms with Crippen molar-refractivity contribution in [2.45, 2.75) is 6.92 Å². The number of likely N-dealkylation sites (tertiary alicyclic amines) is 1. The predicted octanol–water partition coefficient (Wildman–Crippen LogP) is 2.66. The topological polar surface area (TPSA) is 69.6 Å². The lowest BCUT2D eigenvalue weighted by Gasteiger charge is -2.41. The first kappa shape index (κ1) is 14.6. The van der Waals surface area contributed by atoms with Crippen molar-refractivity contribution in [2.75, 3.05) is 18.4 Å². The summed E-state index contributed by atoms with van der Waals surface area (Å²) in [5.41, 5.74) is 0.273. The van der Waals surface area contributed by atoms with E-state index in [2.05, 4.69) is 5.32 Å². The van der Waals surface area contributed by atoms with Crippen molar-refractivity contribution in [1.82, 2.24) is 4.90 Å². The molecule has 1 aliphatic rings. The Morgan fingerprint density at radius 2 is 2.10 bits per heavy atom. The van der Waals surface area contributed by atoms with Crippen molar-refractivity contribution in [3.8, 4) is 0 Å². The Kier molecular flexibility index (Phi) is 4.13. The Morgan fingerprint density at radius 1 is 1.45 bits per heavy atom. The zero-order valence-electron chi connectivity index (χ0n) is 10.8. The van der Waals surface area contributed by atoms with Gasteiger partial charge >= 0.3 is 12.0 Å². The maximum atomic E-state index is 13.1. The molecule has 0 saturated carbocycles. The van der Waals surface area contributed by atoms with E-state index in [9.17, 15) is 14.0 Å². The lowest BCUT2D eigenvalue weighted by Crippen LogP contribution is -2.54. The zero-order chi connectivity index (χ0) is 14.9. The number of hydrogen-bond acceptors (Lipinski definition) is 2. The van der Waals surface area contributed by atoms with Crippen LogP contribution in [-0.4, -0.2) is 35.1 Å². The summed E-state index contributed by atoms with van der Waals surface area (Å²) in [6, 6.07) is 3.37. The van der Waals surface area contributed by atoms with Crippen LogP contribution >= 0.6 is 11.6 Å². The number of hydrogen-bond donors (Lipinski definition) is 2. The number of aliphatic carboxylic acids is 1. The predicted molar refractivity (Wildman–Crippen MR) is 72.3 cm³/mol. The standard InChI is InChI=1S/C13H14ClFN2O3/c1-7(12(18)19)8-5-17(6-8)13(20)16-11-3-9(14)2-10(15)4-11/h2-4,7-8H,5-6H2,1H3,(H,16,20)(H,18,19). The number of carbonyl (C=O) groups excluding carboxylic acids is 1. The highest BCUT2D eigenvalue weighted by atomic mass is 35.5. The second kappa shape index (κ2) is 5.66. The van der Waals surface area contributed by atoms with Crippen LogP contribution < -0.4 is 5.32 Å². The summed E-state index contributed by atoms with van der Waals surface area (Å²) in [4.78, 5) is 24.1. The number of urea groups is 1. The summed E-state index contributed by atoms with van der Waals surface area (Å²) in [7, 11) is 0. The summed E-state index contributed by atoms with van der Waals surface area (Å²) in [5.74, 6) is -1.93. The van der Waals surface area contributed by atoms with Crippen LogP contribution in [0, 0.1) is 17.7 Å². The van der Waals surface area contributed by atoms with E-state index in [0.29, 0.717) is 13.1 Å². The molecule has 1 aromatic rings. The SMILES string of the molecule is CC(C(=O)O)C1CN(C(=O)Nc2cc(F)cc(Cl)c2)C1. The zero-order valence-corrected chi connectivity index (χ0v) is 11.5. The number of rotatable bonds is 3. The number of carbonyl (C=O) groups is 2. The summed E-state index contributed by atoms with van der Waals surface area (Å²) in [6.07, 6.45) is 0. The molecule has 20 heavy (non-hydrogen) atoms. The van der Waals surface area contributed by atoms with E-state index in [1.54, 1.807) is 6.92 Å². The number of amides is 2. The fourth-order valence-electron chi connectivity index (χ4n) is 2.02. The molecule has 1 heterocycles. The van der Waals surface area contributed by atoms with Gasteiger partial charge in [0.05, 0.1) is 5.92 Å². The van der Waals surface area contributed by atoms with Crippen LogP contribution in [0.4, 0.5) is 14.9 Å². The Bertz CT molecular complexity index is 526. The number of halogens is 2. The highest BCUT2D eigenvalue weighted by molar-refractivity contribution is 6.30. The molecule has 0 spiro atoms. The van der Waals surface area contributed by atoms with Gasteiger partial charge in [-0.2, -0.15) is 0 Å². The minimum Gasteiger partial charge on any atom is -0.481 e. The molecule has 0 aliphatic carbocycles. The quantitative estimate of drug-likeness (QED) is 0.901. The normalized spacial score (nSPS) is 16.4. The van der Waals surface area contributed by atoms with Gasteiger partial charge in [0.1, 0.15) is 5.82 Å². The van der Waals surface area contributed by atoms with E-state index in [0.717, 1.165) is 6.07 Å². The van der Waals surface area contributed by atoms with Gasteiger partial charge in [-0.3, -0.25) is 4.79 Å². The van der Waals surface area contributed by atoms with Gasteiger partial charge in [-0.15, -0.1) is 0 Å². The van der Waals surface area contributed by atoms with Crippen molar-refractivity contribution < 1.29 is 19.1 Å². The molecule has 7 heteroatoms. The highest BCUT2D eigenvalue weighted by Crippen LogP contribution is 2.25. The van der Waals surface area contributed by atoms with E-state index in [4.69, 9.17) is 16.7 Å². The summed E-state index contributed by atoms with van der Waals surface area (Å²) in [5, 5.41) is 11.6. The first-order valence-corrected chi connectivity index (χ1v) is 6.49. The van der Waals surface area contributed by atoms with Crippen molar-refractivity contribution in [2.24, 2.45) is 11.8 Å². The molecule has 1 unspecified atom stereocenters. The molecular weight excluding hydrogens is 287 g/mol. The third-order valence-electron chi connectivity index (χ3n) is 3.41. The Labute approximate surface area is 120 Å².